The average Bonchev–Trinajstić information content (AvgIpc) is 3.37. The molecule has 2 aromatic rings. The van der Waals surface area contributed by atoms with Crippen LogP contribution in [-0.4, -0.2) is 23.1 Å². The molecular formula is C19H19F3N2O3. The number of alkyl halides is 3. The summed E-state index contributed by atoms with van der Waals surface area (Å²) in [6.07, 6.45) is -2.27. The van der Waals surface area contributed by atoms with Crippen molar-refractivity contribution < 1.29 is 27.5 Å². The highest BCUT2D eigenvalue weighted by Crippen LogP contribution is 2.38. The van der Waals surface area contributed by atoms with Crippen LogP contribution in [0.5, 0.6) is 0 Å². The van der Waals surface area contributed by atoms with Crippen LogP contribution in [0.3, 0.4) is 0 Å². The first kappa shape index (κ1) is 19.0. The first-order valence-corrected chi connectivity index (χ1v) is 8.49. The molecule has 0 spiro atoms. The molecule has 0 atom stereocenters. The van der Waals surface area contributed by atoms with E-state index in [1.807, 2.05) is 13.8 Å². The SMILES string of the molecule is Cc1cc(C(=O)OCC(=O)Nc2ccc(C(F)(F)F)cc2)c(C)n1C1CC1. The van der Waals surface area contributed by atoms with Gasteiger partial charge in [0.25, 0.3) is 5.91 Å². The zero-order valence-electron chi connectivity index (χ0n) is 14.9. The van der Waals surface area contributed by atoms with Gasteiger partial charge in [0.1, 0.15) is 0 Å². The van der Waals surface area contributed by atoms with E-state index in [2.05, 4.69) is 9.88 Å². The molecule has 144 valence electrons. The van der Waals surface area contributed by atoms with Gasteiger partial charge in [-0.2, -0.15) is 13.2 Å². The number of ether oxygens (including phenoxy) is 1. The van der Waals surface area contributed by atoms with Crippen molar-refractivity contribution in [1.29, 1.82) is 0 Å². The summed E-state index contributed by atoms with van der Waals surface area (Å²) >= 11 is 0. The molecule has 0 aliphatic heterocycles. The van der Waals surface area contributed by atoms with Gasteiger partial charge in [-0.05, 0) is 57.0 Å². The highest BCUT2D eigenvalue weighted by Gasteiger charge is 2.30. The molecule has 3 rings (SSSR count). The Bertz CT molecular complexity index is 866. The maximum absolute atomic E-state index is 12.5. The van der Waals surface area contributed by atoms with E-state index in [1.54, 1.807) is 6.07 Å². The lowest BCUT2D eigenvalue weighted by molar-refractivity contribution is -0.137. The molecule has 1 fully saturated rings. The van der Waals surface area contributed by atoms with Crippen molar-refractivity contribution in [3.8, 4) is 0 Å². The summed E-state index contributed by atoms with van der Waals surface area (Å²) in [5.74, 6) is -1.23. The second-order valence-corrected chi connectivity index (χ2v) is 6.59. The second kappa shape index (κ2) is 7.09. The van der Waals surface area contributed by atoms with Crippen LogP contribution in [0, 0.1) is 13.8 Å². The van der Waals surface area contributed by atoms with Gasteiger partial charge in [0, 0.05) is 23.1 Å². The Morgan fingerprint density at radius 2 is 1.81 bits per heavy atom. The number of carbonyl (C=O) groups excluding carboxylic acids is 2. The molecule has 27 heavy (non-hydrogen) atoms. The fourth-order valence-corrected chi connectivity index (χ4v) is 3.03. The van der Waals surface area contributed by atoms with Gasteiger partial charge in [-0.25, -0.2) is 4.79 Å². The zero-order valence-corrected chi connectivity index (χ0v) is 14.9. The third-order valence-corrected chi connectivity index (χ3v) is 4.45. The summed E-state index contributed by atoms with van der Waals surface area (Å²) in [5.41, 5.74) is 1.58. The smallest absolute Gasteiger partial charge is 0.416 e. The highest BCUT2D eigenvalue weighted by atomic mass is 19.4. The molecule has 0 bridgehead atoms. The van der Waals surface area contributed by atoms with Crippen molar-refractivity contribution in [3.63, 3.8) is 0 Å². The van der Waals surface area contributed by atoms with Gasteiger partial charge in [-0.15, -0.1) is 0 Å². The van der Waals surface area contributed by atoms with Crippen LogP contribution >= 0.6 is 0 Å². The van der Waals surface area contributed by atoms with Crippen molar-refractivity contribution >= 4 is 17.6 Å². The number of rotatable bonds is 5. The van der Waals surface area contributed by atoms with Crippen molar-refractivity contribution in [3.05, 3.63) is 52.8 Å². The van der Waals surface area contributed by atoms with Gasteiger partial charge < -0.3 is 14.6 Å². The van der Waals surface area contributed by atoms with Crippen molar-refractivity contribution in [2.24, 2.45) is 0 Å². The molecule has 1 N–H and O–H groups in total. The third-order valence-electron chi connectivity index (χ3n) is 4.45. The van der Waals surface area contributed by atoms with E-state index in [4.69, 9.17) is 4.74 Å². The first-order valence-electron chi connectivity index (χ1n) is 8.49. The highest BCUT2D eigenvalue weighted by molar-refractivity contribution is 5.96. The van der Waals surface area contributed by atoms with E-state index < -0.39 is 30.2 Å². The minimum atomic E-state index is -4.44. The normalized spacial score (nSPS) is 14.1. The fraction of sp³-hybridized carbons (Fsp3) is 0.368. The maximum atomic E-state index is 12.5. The van der Waals surface area contributed by atoms with Crippen LogP contribution in [0.25, 0.3) is 0 Å². The number of aromatic nitrogens is 1. The number of aryl methyl sites for hydroxylation is 1. The van der Waals surface area contributed by atoms with Crippen LogP contribution in [0.1, 0.15) is 46.2 Å². The van der Waals surface area contributed by atoms with Gasteiger partial charge in [-0.1, -0.05) is 0 Å². The molecule has 0 unspecified atom stereocenters. The van der Waals surface area contributed by atoms with E-state index >= 15 is 0 Å². The lowest BCUT2D eigenvalue weighted by atomic mass is 10.2. The van der Waals surface area contributed by atoms with E-state index in [1.165, 1.54) is 0 Å². The zero-order chi connectivity index (χ0) is 19.8. The van der Waals surface area contributed by atoms with Crippen LogP contribution in [0.4, 0.5) is 18.9 Å². The molecule has 8 heteroatoms. The van der Waals surface area contributed by atoms with Crippen LogP contribution in [0.15, 0.2) is 30.3 Å². The summed E-state index contributed by atoms with van der Waals surface area (Å²) in [6, 6.07) is 6.19. The summed E-state index contributed by atoms with van der Waals surface area (Å²) in [5, 5.41) is 2.40. The average molecular weight is 380 g/mol. The van der Waals surface area contributed by atoms with Crippen molar-refractivity contribution in [2.75, 3.05) is 11.9 Å². The van der Waals surface area contributed by atoms with Crippen LogP contribution < -0.4 is 5.32 Å². The number of halogens is 3. The molecular weight excluding hydrogens is 361 g/mol. The number of anilines is 1. The number of benzene rings is 1. The number of nitrogens with zero attached hydrogens (tertiary/aromatic N) is 1. The van der Waals surface area contributed by atoms with E-state index in [0.29, 0.717) is 11.6 Å². The molecule has 1 saturated carbocycles. The maximum Gasteiger partial charge on any atom is 0.416 e. The van der Waals surface area contributed by atoms with E-state index in [-0.39, 0.29) is 5.69 Å². The number of carbonyl (C=O) groups is 2. The standard InChI is InChI=1S/C19H19F3N2O3/c1-11-9-16(12(2)24(11)15-7-8-15)18(26)27-10-17(25)23-14-5-3-13(4-6-14)19(20,21)22/h3-6,9,15H,7-8,10H2,1-2H3,(H,23,25). The summed E-state index contributed by atoms with van der Waals surface area (Å²) in [6.45, 7) is 3.23. The molecule has 0 saturated heterocycles. The predicted molar refractivity (Wildman–Crippen MR) is 92.5 cm³/mol. The molecule has 1 aliphatic rings. The Labute approximate surface area is 154 Å². The Hall–Kier alpha value is -2.77. The first-order chi connectivity index (χ1) is 12.7. The number of nitrogens with one attached hydrogen (secondary N) is 1. The largest absolute Gasteiger partial charge is 0.452 e. The molecule has 1 aromatic heterocycles. The van der Waals surface area contributed by atoms with Crippen molar-refractivity contribution in [2.45, 2.75) is 38.9 Å². The van der Waals surface area contributed by atoms with Gasteiger partial charge in [-0.3, -0.25) is 4.79 Å². The Morgan fingerprint density at radius 3 is 2.37 bits per heavy atom. The second-order valence-electron chi connectivity index (χ2n) is 6.59. The van der Waals surface area contributed by atoms with Crippen LogP contribution in [-0.2, 0) is 15.7 Å². The number of amides is 1. The summed E-state index contributed by atoms with van der Waals surface area (Å²) in [4.78, 5) is 24.1. The van der Waals surface area contributed by atoms with Gasteiger partial charge in [0.15, 0.2) is 6.61 Å². The van der Waals surface area contributed by atoms with Gasteiger partial charge in [0.05, 0.1) is 11.1 Å². The summed E-state index contributed by atoms with van der Waals surface area (Å²) < 4.78 is 44.7. The topological polar surface area (TPSA) is 60.3 Å². The molecule has 0 radical (unpaired) electrons. The Balaban J connectivity index is 1.56. The molecule has 1 aliphatic carbocycles. The summed E-state index contributed by atoms with van der Waals surface area (Å²) in [7, 11) is 0. The Morgan fingerprint density at radius 1 is 1.19 bits per heavy atom. The van der Waals surface area contributed by atoms with Crippen molar-refractivity contribution in [1.82, 2.24) is 4.57 Å². The molecule has 1 amide bonds. The number of esters is 1. The molecule has 5 nitrogen and oxygen atoms in total. The fourth-order valence-electron chi connectivity index (χ4n) is 3.03. The third kappa shape index (κ3) is 4.32. The monoisotopic (exact) mass is 380 g/mol. The Kier molecular flexibility index (Phi) is 4.99. The van der Waals surface area contributed by atoms with Gasteiger partial charge in [0.2, 0.25) is 0 Å². The lowest BCUT2D eigenvalue weighted by Gasteiger charge is -2.10. The van der Waals surface area contributed by atoms with Crippen LogP contribution in [0.2, 0.25) is 0 Å². The molecule has 1 aromatic carbocycles. The predicted octanol–water partition coefficient (Wildman–Crippen LogP) is 4.25. The quantitative estimate of drug-likeness (QED) is 0.789. The number of hydrogen-bond acceptors (Lipinski definition) is 3. The van der Waals surface area contributed by atoms with E-state index in [9.17, 15) is 22.8 Å². The lowest BCUT2D eigenvalue weighted by Crippen LogP contribution is -2.21. The molecule has 1 heterocycles. The van der Waals surface area contributed by atoms with Gasteiger partial charge >= 0.3 is 12.1 Å². The van der Waals surface area contributed by atoms with E-state index in [0.717, 1.165) is 48.5 Å². The minimum absolute atomic E-state index is 0.191. The minimum Gasteiger partial charge on any atom is -0.452 e. The number of hydrogen-bond donors (Lipinski definition) is 1.